The summed E-state index contributed by atoms with van der Waals surface area (Å²) in [4.78, 5) is 0.370. The summed E-state index contributed by atoms with van der Waals surface area (Å²) in [6.07, 6.45) is 0.959. The van der Waals surface area contributed by atoms with Crippen molar-refractivity contribution in [1.82, 2.24) is 4.31 Å². The molecule has 0 saturated heterocycles. The number of hydrogen-bond acceptors (Lipinski definition) is 3. The second-order valence-electron chi connectivity index (χ2n) is 5.55. The van der Waals surface area contributed by atoms with Crippen LogP contribution in [0.2, 0.25) is 0 Å². The zero-order valence-electron chi connectivity index (χ0n) is 13.1. The van der Waals surface area contributed by atoms with E-state index in [1.54, 1.807) is 13.1 Å². The molecule has 0 radical (unpaired) electrons. The Morgan fingerprint density at radius 3 is 2.35 bits per heavy atom. The summed E-state index contributed by atoms with van der Waals surface area (Å²) in [5.41, 5.74) is 8.37. The first-order valence-corrected chi connectivity index (χ1v) is 8.44. The number of benzene rings is 1. The molecule has 0 aliphatic carbocycles. The van der Waals surface area contributed by atoms with Crippen molar-refractivity contribution in [3.63, 3.8) is 0 Å². The molecule has 0 spiro atoms. The average Bonchev–Trinajstić information content (AvgIpc) is 2.38. The zero-order chi connectivity index (χ0) is 15.5. The van der Waals surface area contributed by atoms with E-state index in [0.717, 1.165) is 23.1 Å². The minimum absolute atomic E-state index is 0.342. The summed E-state index contributed by atoms with van der Waals surface area (Å²) >= 11 is 0. The van der Waals surface area contributed by atoms with Gasteiger partial charge in [-0.25, -0.2) is 12.7 Å². The van der Waals surface area contributed by atoms with Gasteiger partial charge in [-0.15, -0.1) is 0 Å². The summed E-state index contributed by atoms with van der Waals surface area (Å²) in [7, 11) is -1.80. The van der Waals surface area contributed by atoms with Gasteiger partial charge in [-0.05, 0) is 42.5 Å². The molecular formula is C15H26N2O2S. The third kappa shape index (κ3) is 3.59. The Morgan fingerprint density at radius 2 is 1.85 bits per heavy atom. The topological polar surface area (TPSA) is 63.4 Å². The Balaban J connectivity index is 3.21. The molecule has 1 aromatic carbocycles. The van der Waals surface area contributed by atoms with Crippen molar-refractivity contribution in [1.29, 1.82) is 0 Å². The highest BCUT2D eigenvalue weighted by Crippen LogP contribution is 2.23. The van der Waals surface area contributed by atoms with E-state index in [0.29, 0.717) is 23.9 Å². The van der Waals surface area contributed by atoms with Crippen molar-refractivity contribution in [3.05, 3.63) is 28.8 Å². The van der Waals surface area contributed by atoms with Gasteiger partial charge in [-0.1, -0.05) is 26.3 Å². The van der Waals surface area contributed by atoms with Gasteiger partial charge < -0.3 is 5.73 Å². The highest BCUT2D eigenvalue weighted by molar-refractivity contribution is 7.89. The predicted molar refractivity (Wildman–Crippen MR) is 83.1 cm³/mol. The molecule has 2 N–H and O–H groups in total. The number of nitrogens with two attached hydrogens (primary N) is 1. The zero-order valence-corrected chi connectivity index (χ0v) is 13.9. The van der Waals surface area contributed by atoms with Gasteiger partial charge in [0.1, 0.15) is 0 Å². The molecule has 1 atom stereocenters. The normalized spacial score (nSPS) is 13.8. The van der Waals surface area contributed by atoms with Crippen molar-refractivity contribution in [2.24, 2.45) is 11.7 Å². The molecule has 0 fully saturated rings. The molecule has 0 amide bonds. The monoisotopic (exact) mass is 298 g/mol. The number of hydrogen-bond donors (Lipinski definition) is 1. The molecule has 0 aliphatic heterocycles. The Bertz CT molecular complexity index is 567. The molecule has 0 bridgehead atoms. The molecule has 4 nitrogen and oxygen atoms in total. The minimum atomic E-state index is -3.45. The average molecular weight is 298 g/mol. The molecule has 1 unspecified atom stereocenters. The van der Waals surface area contributed by atoms with Crippen molar-refractivity contribution in [2.45, 2.75) is 45.6 Å². The van der Waals surface area contributed by atoms with Crippen molar-refractivity contribution in [2.75, 3.05) is 13.6 Å². The summed E-state index contributed by atoms with van der Waals surface area (Å²) in [5, 5.41) is 0. The van der Waals surface area contributed by atoms with Gasteiger partial charge in [0.15, 0.2) is 0 Å². The van der Waals surface area contributed by atoms with Gasteiger partial charge in [0.25, 0.3) is 0 Å². The van der Waals surface area contributed by atoms with Crippen LogP contribution in [0.5, 0.6) is 0 Å². The van der Waals surface area contributed by atoms with Crippen LogP contribution >= 0.6 is 0 Å². The number of aryl methyl sites for hydroxylation is 2. The predicted octanol–water partition coefficient (Wildman–Crippen LogP) is 2.43. The fraction of sp³-hybridized carbons (Fsp3) is 0.600. The maximum absolute atomic E-state index is 12.7. The molecule has 5 heteroatoms. The third-order valence-corrected chi connectivity index (χ3v) is 5.77. The lowest BCUT2D eigenvalue weighted by atomic mass is 10.1. The summed E-state index contributed by atoms with van der Waals surface area (Å²) in [6.45, 7) is 8.79. The van der Waals surface area contributed by atoms with E-state index >= 15 is 0 Å². The Hall–Kier alpha value is -0.910. The first-order valence-electron chi connectivity index (χ1n) is 7.00. The Kier molecular flexibility index (Phi) is 5.74. The molecule has 20 heavy (non-hydrogen) atoms. The number of sulfonamides is 1. The second kappa shape index (κ2) is 6.70. The van der Waals surface area contributed by atoms with Crippen LogP contribution in [0.1, 0.15) is 37.0 Å². The van der Waals surface area contributed by atoms with Gasteiger partial charge in [0, 0.05) is 20.1 Å². The van der Waals surface area contributed by atoms with Crippen LogP contribution in [-0.2, 0) is 16.6 Å². The maximum atomic E-state index is 12.7. The largest absolute Gasteiger partial charge is 0.326 e. The highest BCUT2D eigenvalue weighted by atomic mass is 32.2. The minimum Gasteiger partial charge on any atom is -0.326 e. The lowest BCUT2D eigenvalue weighted by Gasteiger charge is -2.22. The van der Waals surface area contributed by atoms with E-state index < -0.39 is 10.0 Å². The molecule has 1 aromatic rings. The molecule has 114 valence electrons. The van der Waals surface area contributed by atoms with Gasteiger partial charge >= 0.3 is 0 Å². The van der Waals surface area contributed by atoms with E-state index in [4.69, 9.17) is 5.73 Å². The van der Waals surface area contributed by atoms with E-state index in [-0.39, 0.29) is 0 Å². The molecule has 0 aromatic heterocycles. The molecule has 1 rings (SSSR count). The lowest BCUT2D eigenvalue weighted by Crippen LogP contribution is -2.31. The lowest BCUT2D eigenvalue weighted by molar-refractivity contribution is 0.393. The summed E-state index contributed by atoms with van der Waals surface area (Å²) in [6, 6.07) is 3.61. The van der Waals surface area contributed by atoms with Crippen LogP contribution in [0.25, 0.3) is 0 Å². The van der Waals surface area contributed by atoms with Crippen molar-refractivity contribution >= 4 is 10.0 Å². The van der Waals surface area contributed by atoms with E-state index in [9.17, 15) is 8.42 Å². The van der Waals surface area contributed by atoms with Gasteiger partial charge in [0.2, 0.25) is 10.0 Å². The quantitative estimate of drug-likeness (QED) is 0.877. The van der Waals surface area contributed by atoms with Crippen molar-refractivity contribution in [3.8, 4) is 0 Å². The van der Waals surface area contributed by atoms with Crippen LogP contribution < -0.4 is 5.73 Å². The van der Waals surface area contributed by atoms with Crippen LogP contribution in [0, 0.1) is 19.8 Å². The first kappa shape index (κ1) is 17.1. The van der Waals surface area contributed by atoms with Crippen molar-refractivity contribution < 1.29 is 8.42 Å². The Labute approximate surface area is 123 Å². The molecule has 0 aliphatic rings. The highest BCUT2D eigenvalue weighted by Gasteiger charge is 2.24. The fourth-order valence-electron chi connectivity index (χ4n) is 2.21. The van der Waals surface area contributed by atoms with Gasteiger partial charge in [-0.2, -0.15) is 0 Å². The smallest absolute Gasteiger partial charge is 0.243 e. The van der Waals surface area contributed by atoms with Crippen LogP contribution in [-0.4, -0.2) is 26.3 Å². The SMILES string of the molecule is CCC(C)CN(C)S(=O)(=O)c1cc(CN)c(C)cc1C. The fourth-order valence-corrected chi connectivity index (χ4v) is 3.75. The van der Waals surface area contributed by atoms with Crippen LogP contribution in [0.4, 0.5) is 0 Å². The van der Waals surface area contributed by atoms with E-state index in [1.807, 2.05) is 19.9 Å². The van der Waals surface area contributed by atoms with E-state index in [2.05, 4.69) is 13.8 Å². The standard InChI is InChI=1S/C15H26N2O2S/c1-6-11(2)10-17(5)20(18,19)15-8-14(9-16)12(3)7-13(15)4/h7-8,11H,6,9-10,16H2,1-5H3. The maximum Gasteiger partial charge on any atom is 0.243 e. The Morgan fingerprint density at radius 1 is 1.25 bits per heavy atom. The molecule has 0 heterocycles. The number of rotatable bonds is 6. The first-order chi connectivity index (χ1) is 9.23. The van der Waals surface area contributed by atoms with Crippen LogP contribution in [0.15, 0.2) is 17.0 Å². The molecular weight excluding hydrogens is 272 g/mol. The van der Waals surface area contributed by atoms with E-state index in [1.165, 1.54) is 4.31 Å². The van der Waals surface area contributed by atoms with Gasteiger partial charge in [0.05, 0.1) is 4.90 Å². The number of nitrogens with zero attached hydrogens (tertiary/aromatic N) is 1. The third-order valence-electron chi connectivity index (χ3n) is 3.81. The summed E-state index contributed by atoms with van der Waals surface area (Å²) in [5.74, 6) is 0.342. The summed E-state index contributed by atoms with van der Waals surface area (Å²) < 4.78 is 26.8. The van der Waals surface area contributed by atoms with Crippen LogP contribution in [0.3, 0.4) is 0 Å². The van der Waals surface area contributed by atoms with Gasteiger partial charge in [-0.3, -0.25) is 0 Å². The molecule has 0 saturated carbocycles. The second-order valence-corrected chi connectivity index (χ2v) is 7.56.